The molecule has 0 bridgehead atoms. The Morgan fingerprint density at radius 3 is 2.55 bits per heavy atom. The van der Waals surface area contributed by atoms with E-state index in [2.05, 4.69) is 48.3 Å². The molecular formula is C47H58N10O7. The number of aromatic nitrogens is 2. The summed E-state index contributed by atoms with van der Waals surface area (Å²) >= 11 is 0. The van der Waals surface area contributed by atoms with Crippen LogP contribution in [0, 0.1) is 11.8 Å². The fourth-order valence-electron chi connectivity index (χ4n) is 9.65. The topological polar surface area (TPSA) is 199 Å². The smallest absolute Gasteiger partial charge is 0.319 e. The van der Waals surface area contributed by atoms with Crippen molar-refractivity contribution in [1.82, 2.24) is 30.8 Å². The molecule has 3 aromatic rings. The summed E-state index contributed by atoms with van der Waals surface area (Å²) in [5, 5.41) is 15.3. The number of carbonyl (C=O) groups excluding carboxylic acids is 5. The van der Waals surface area contributed by atoms with Gasteiger partial charge in [-0.3, -0.25) is 24.5 Å². The first-order chi connectivity index (χ1) is 31.1. The summed E-state index contributed by atoms with van der Waals surface area (Å²) in [4.78, 5) is 78.3. The zero-order valence-electron chi connectivity index (χ0n) is 36.8. The number of hydrogen-bond acceptors (Lipinski definition) is 12. The van der Waals surface area contributed by atoms with E-state index in [1.54, 1.807) is 49.5 Å². The number of nitrogens with one attached hydrogen (secondary N) is 5. The highest BCUT2D eigenvalue weighted by atomic mass is 16.5. The number of benzene rings is 2. The molecule has 2 aliphatic carbocycles. The average Bonchev–Trinajstić information content (AvgIpc) is 3.95. The molecule has 17 heteroatoms. The average molecular weight is 875 g/mol. The van der Waals surface area contributed by atoms with Gasteiger partial charge >= 0.3 is 6.03 Å². The number of rotatable bonds is 14. The Hall–Kier alpha value is -6.25. The third kappa shape index (κ3) is 9.78. The van der Waals surface area contributed by atoms with Gasteiger partial charge in [-0.1, -0.05) is 37.7 Å². The van der Waals surface area contributed by atoms with Gasteiger partial charge in [-0.25, -0.2) is 9.78 Å². The van der Waals surface area contributed by atoms with Crippen LogP contribution in [-0.2, 0) is 25.7 Å². The van der Waals surface area contributed by atoms with Crippen molar-refractivity contribution in [3.63, 3.8) is 0 Å². The molecule has 5 aliphatic rings. The van der Waals surface area contributed by atoms with E-state index in [0.717, 1.165) is 68.3 Å². The molecule has 1 unspecified atom stereocenters. The predicted octanol–water partition coefficient (Wildman–Crippen LogP) is 4.97. The van der Waals surface area contributed by atoms with Gasteiger partial charge in [0.2, 0.25) is 23.7 Å². The minimum Gasteiger partial charge on any atom is -0.494 e. The maximum atomic E-state index is 13.3. The molecule has 1 saturated heterocycles. The zero-order chi connectivity index (χ0) is 44.7. The van der Waals surface area contributed by atoms with Crippen LogP contribution in [0.25, 0.3) is 0 Å². The molecular weight excluding hydrogens is 817 g/mol. The van der Waals surface area contributed by atoms with Crippen molar-refractivity contribution in [1.29, 1.82) is 0 Å². The van der Waals surface area contributed by atoms with Crippen LogP contribution in [0.4, 0.5) is 33.6 Å². The lowest BCUT2D eigenvalue weighted by Crippen LogP contribution is -2.55. The van der Waals surface area contributed by atoms with Gasteiger partial charge in [0.05, 0.1) is 32.2 Å². The molecule has 338 valence electrons. The number of urea groups is 1. The highest BCUT2D eigenvalue weighted by Crippen LogP contribution is 2.41. The maximum Gasteiger partial charge on any atom is 0.319 e. The third-order valence-electron chi connectivity index (χ3n) is 13.0. The molecule has 5 N–H and O–H groups in total. The molecule has 0 radical (unpaired) electrons. The van der Waals surface area contributed by atoms with Crippen LogP contribution in [-0.4, -0.2) is 109 Å². The Morgan fingerprint density at radius 2 is 1.78 bits per heavy atom. The van der Waals surface area contributed by atoms with Crippen molar-refractivity contribution < 1.29 is 33.4 Å². The molecule has 2 aromatic carbocycles. The standard InChI is InChI=1S/C47H58N10O7/c1-4-37-45(61)55(2)39-27-49-46(54-42(39)57(37)33-12-5-6-13-33)52-36-20-19-32(26-40(36)63-3)51-47(62)50-31-17-15-30(16-18-31)48-23-25-64-24-8-7-10-29-11-9-14-34-35(29)28-56(44(34)60)38-21-22-41(58)53-43(38)59/h9,11,14,19-20,26-27,30-31,33,37-38,48H,4-6,8,12-13,15-18,21-25,28H2,1-3H3,(H,49,52,54)(H2,50,51,62)(H,53,58,59)/t30?,31?,37-,38?/m1/s1. The number of methoxy groups -OCH3 is 1. The second-order valence-corrected chi connectivity index (χ2v) is 17.1. The van der Waals surface area contributed by atoms with Crippen molar-refractivity contribution in [2.45, 2.75) is 121 Å². The van der Waals surface area contributed by atoms with Gasteiger partial charge in [0.15, 0.2) is 5.82 Å². The minimum absolute atomic E-state index is 0.0618. The number of hydrogen-bond donors (Lipinski definition) is 5. The Balaban J connectivity index is 0.741. The first-order valence-corrected chi connectivity index (χ1v) is 22.6. The number of likely N-dealkylation sites (N-methyl/N-ethyl adjacent to an activating group) is 1. The Labute approximate surface area is 373 Å². The summed E-state index contributed by atoms with van der Waals surface area (Å²) in [6, 6.07) is 10.3. The van der Waals surface area contributed by atoms with Crippen molar-refractivity contribution in [2.75, 3.05) is 54.3 Å². The number of anilines is 5. The predicted molar refractivity (Wildman–Crippen MR) is 242 cm³/mol. The van der Waals surface area contributed by atoms with Crippen molar-refractivity contribution >= 4 is 58.5 Å². The number of fused-ring (bicyclic) bond motifs is 2. The fourth-order valence-corrected chi connectivity index (χ4v) is 9.65. The van der Waals surface area contributed by atoms with Gasteiger partial charge in [0.25, 0.3) is 5.91 Å². The summed E-state index contributed by atoms with van der Waals surface area (Å²) in [6.45, 7) is 4.08. The molecule has 64 heavy (non-hydrogen) atoms. The van der Waals surface area contributed by atoms with Crippen LogP contribution in [0.2, 0.25) is 0 Å². The number of piperidine rings is 1. The highest BCUT2D eigenvalue weighted by molar-refractivity contribution is 6.06. The maximum absolute atomic E-state index is 13.3. The van der Waals surface area contributed by atoms with Crippen LogP contribution < -0.4 is 41.1 Å². The lowest BCUT2D eigenvalue weighted by Gasteiger charge is -2.43. The number of imide groups is 1. The Kier molecular flexibility index (Phi) is 13.9. The first-order valence-electron chi connectivity index (χ1n) is 22.6. The SMILES string of the molecule is CC[C@@H]1C(=O)N(C)c2cnc(Nc3ccc(NC(=O)NC4CCC(NCCOCCC#Cc5cccc6c5CN(C5CCC(=O)NC5=O)C6=O)CC4)cc3OC)nc2N1C1CCCC1. The third-order valence-corrected chi connectivity index (χ3v) is 13.0. The molecule has 2 saturated carbocycles. The normalized spacial score (nSPS) is 22.1. The fraction of sp³-hybridized carbons (Fsp3) is 0.511. The van der Waals surface area contributed by atoms with Gasteiger partial charge in [-0.05, 0) is 81.2 Å². The summed E-state index contributed by atoms with van der Waals surface area (Å²) in [6.07, 6.45) is 11.4. The minimum atomic E-state index is -0.657. The second-order valence-electron chi connectivity index (χ2n) is 17.1. The molecule has 17 nitrogen and oxygen atoms in total. The van der Waals surface area contributed by atoms with Crippen LogP contribution in [0.5, 0.6) is 5.75 Å². The molecule has 0 spiro atoms. The monoisotopic (exact) mass is 874 g/mol. The van der Waals surface area contributed by atoms with Crippen molar-refractivity contribution in [2.24, 2.45) is 0 Å². The lowest BCUT2D eigenvalue weighted by molar-refractivity contribution is -0.137. The van der Waals surface area contributed by atoms with E-state index in [1.165, 1.54) is 4.90 Å². The lowest BCUT2D eigenvalue weighted by atomic mass is 9.91. The number of amides is 6. The van der Waals surface area contributed by atoms with E-state index >= 15 is 0 Å². The molecule has 3 aliphatic heterocycles. The Morgan fingerprint density at radius 1 is 0.984 bits per heavy atom. The first kappa shape index (κ1) is 44.4. The van der Waals surface area contributed by atoms with Crippen LogP contribution >= 0.6 is 0 Å². The van der Waals surface area contributed by atoms with E-state index in [0.29, 0.717) is 85.9 Å². The van der Waals surface area contributed by atoms with Gasteiger partial charge in [-0.15, -0.1) is 0 Å². The molecule has 3 fully saturated rings. The number of nitrogens with zero attached hydrogens (tertiary/aromatic N) is 5. The summed E-state index contributed by atoms with van der Waals surface area (Å²) in [5.74, 6) is 7.13. The highest BCUT2D eigenvalue weighted by Gasteiger charge is 2.42. The van der Waals surface area contributed by atoms with E-state index in [4.69, 9.17) is 14.5 Å². The van der Waals surface area contributed by atoms with Crippen LogP contribution in [0.15, 0.2) is 42.6 Å². The molecule has 4 heterocycles. The van der Waals surface area contributed by atoms with Crippen molar-refractivity contribution in [3.05, 3.63) is 59.3 Å². The molecule has 2 atom stereocenters. The second kappa shape index (κ2) is 20.1. The van der Waals surface area contributed by atoms with E-state index in [1.807, 2.05) is 19.1 Å². The summed E-state index contributed by atoms with van der Waals surface area (Å²) < 4.78 is 11.5. The van der Waals surface area contributed by atoms with Gasteiger partial charge in [0, 0.05) is 74.0 Å². The molecule has 8 rings (SSSR count). The van der Waals surface area contributed by atoms with Crippen LogP contribution in [0.1, 0.15) is 105 Å². The van der Waals surface area contributed by atoms with E-state index in [-0.39, 0.29) is 48.3 Å². The molecule has 1 aromatic heterocycles. The van der Waals surface area contributed by atoms with Crippen molar-refractivity contribution in [3.8, 4) is 17.6 Å². The largest absolute Gasteiger partial charge is 0.494 e. The summed E-state index contributed by atoms with van der Waals surface area (Å²) in [7, 11) is 3.36. The Bertz CT molecular complexity index is 2320. The van der Waals surface area contributed by atoms with E-state index in [9.17, 15) is 24.0 Å². The zero-order valence-corrected chi connectivity index (χ0v) is 36.8. The quantitative estimate of drug-likeness (QED) is 0.0829. The van der Waals surface area contributed by atoms with Gasteiger partial charge < -0.3 is 45.4 Å². The number of carbonyl (C=O) groups is 5. The molecule has 6 amide bonds. The van der Waals surface area contributed by atoms with E-state index < -0.39 is 11.9 Å². The van der Waals surface area contributed by atoms with Crippen LogP contribution in [0.3, 0.4) is 0 Å². The van der Waals surface area contributed by atoms with Gasteiger partial charge in [-0.2, -0.15) is 4.98 Å². The van der Waals surface area contributed by atoms with Gasteiger partial charge in [0.1, 0.15) is 23.5 Å². The summed E-state index contributed by atoms with van der Waals surface area (Å²) in [5.41, 5.74) is 4.05. The number of ether oxygens (including phenoxy) is 2.